The Morgan fingerprint density at radius 2 is 1.86 bits per heavy atom. The maximum Gasteiger partial charge on any atom is 0.251 e. The van der Waals surface area contributed by atoms with Crippen LogP contribution in [0.5, 0.6) is 0 Å². The van der Waals surface area contributed by atoms with Crippen molar-refractivity contribution < 1.29 is 9.59 Å². The molecule has 0 saturated carbocycles. The highest BCUT2D eigenvalue weighted by Crippen LogP contribution is 2.11. The molecule has 1 aromatic carbocycles. The molecular weight excluding hydrogens is 358 g/mol. The zero-order chi connectivity index (χ0) is 14.8. The molecular formula is C14H21BrClN3O2. The molecule has 7 heteroatoms. The monoisotopic (exact) mass is 377 g/mol. The highest BCUT2D eigenvalue weighted by Gasteiger charge is 2.05. The highest BCUT2D eigenvalue weighted by molar-refractivity contribution is 9.10. The van der Waals surface area contributed by atoms with Gasteiger partial charge in [-0.25, -0.2) is 0 Å². The van der Waals surface area contributed by atoms with Crippen LogP contribution in [0.2, 0.25) is 0 Å². The summed E-state index contributed by atoms with van der Waals surface area (Å²) in [6.07, 6.45) is 1.31. The summed E-state index contributed by atoms with van der Waals surface area (Å²) in [5.41, 5.74) is 0.597. The van der Waals surface area contributed by atoms with Crippen LogP contribution in [0.25, 0.3) is 0 Å². The Labute approximate surface area is 139 Å². The Morgan fingerprint density at radius 3 is 2.52 bits per heavy atom. The molecule has 1 aromatic rings. The van der Waals surface area contributed by atoms with E-state index in [1.165, 1.54) is 0 Å². The summed E-state index contributed by atoms with van der Waals surface area (Å²) in [5, 5.41) is 8.52. The molecule has 0 bridgehead atoms. The van der Waals surface area contributed by atoms with Crippen LogP contribution in [0.4, 0.5) is 0 Å². The third-order valence-electron chi connectivity index (χ3n) is 2.65. The van der Waals surface area contributed by atoms with E-state index in [1.54, 1.807) is 12.1 Å². The number of nitrogens with one attached hydrogen (secondary N) is 3. The lowest BCUT2D eigenvalue weighted by Crippen LogP contribution is -2.34. The maximum absolute atomic E-state index is 11.8. The van der Waals surface area contributed by atoms with E-state index in [2.05, 4.69) is 31.9 Å². The predicted octanol–water partition coefficient (Wildman–Crippen LogP) is 1.72. The van der Waals surface area contributed by atoms with E-state index in [1.807, 2.05) is 19.2 Å². The lowest BCUT2D eigenvalue weighted by molar-refractivity contribution is -0.121. The van der Waals surface area contributed by atoms with Gasteiger partial charge in [0.05, 0.1) is 0 Å². The van der Waals surface area contributed by atoms with Gasteiger partial charge in [0.15, 0.2) is 0 Å². The van der Waals surface area contributed by atoms with Crippen molar-refractivity contribution in [3.05, 3.63) is 34.3 Å². The van der Waals surface area contributed by atoms with Gasteiger partial charge in [-0.2, -0.15) is 0 Å². The molecule has 3 N–H and O–H groups in total. The van der Waals surface area contributed by atoms with E-state index in [9.17, 15) is 9.59 Å². The van der Waals surface area contributed by atoms with Crippen molar-refractivity contribution in [3.8, 4) is 0 Å². The van der Waals surface area contributed by atoms with E-state index in [0.29, 0.717) is 25.1 Å². The third-order valence-corrected chi connectivity index (χ3v) is 3.14. The smallest absolute Gasteiger partial charge is 0.251 e. The van der Waals surface area contributed by atoms with Crippen molar-refractivity contribution >= 4 is 40.2 Å². The van der Waals surface area contributed by atoms with E-state index in [4.69, 9.17) is 0 Å². The summed E-state index contributed by atoms with van der Waals surface area (Å²) in [5.74, 6) is -0.132. The predicted molar refractivity (Wildman–Crippen MR) is 89.9 cm³/mol. The van der Waals surface area contributed by atoms with Gasteiger partial charge < -0.3 is 16.0 Å². The fourth-order valence-corrected chi connectivity index (χ4v) is 2.02. The van der Waals surface area contributed by atoms with Gasteiger partial charge in [0.1, 0.15) is 0 Å². The van der Waals surface area contributed by atoms with Gasteiger partial charge in [0, 0.05) is 29.5 Å². The number of benzene rings is 1. The molecule has 2 amide bonds. The van der Waals surface area contributed by atoms with E-state index in [-0.39, 0.29) is 24.2 Å². The number of rotatable bonds is 8. The summed E-state index contributed by atoms with van der Waals surface area (Å²) < 4.78 is 0.864. The van der Waals surface area contributed by atoms with Gasteiger partial charge >= 0.3 is 0 Å². The summed E-state index contributed by atoms with van der Waals surface area (Å²) >= 11 is 3.32. The second-order valence-electron chi connectivity index (χ2n) is 4.32. The van der Waals surface area contributed by atoms with Crippen molar-refractivity contribution in [1.29, 1.82) is 0 Å². The van der Waals surface area contributed by atoms with Crippen LogP contribution in [0.15, 0.2) is 28.7 Å². The first-order valence-electron chi connectivity index (χ1n) is 6.58. The highest BCUT2D eigenvalue weighted by atomic mass is 79.9. The lowest BCUT2D eigenvalue weighted by atomic mass is 10.2. The SMILES string of the molecule is CNCCCC(=O)NCCNC(=O)c1cccc(Br)c1.Cl. The van der Waals surface area contributed by atoms with Crippen LogP contribution < -0.4 is 16.0 Å². The second-order valence-corrected chi connectivity index (χ2v) is 5.24. The van der Waals surface area contributed by atoms with Crippen molar-refractivity contribution in [2.75, 3.05) is 26.7 Å². The Bertz CT molecular complexity index is 458. The number of carbonyl (C=O) groups is 2. The Kier molecular flexibility index (Phi) is 10.9. The fraction of sp³-hybridized carbons (Fsp3) is 0.429. The fourth-order valence-electron chi connectivity index (χ4n) is 1.62. The molecule has 118 valence electrons. The zero-order valence-electron chi connectivity index (χ0n) is 11.9. The van der Waals surface area contributed by atoms with Gasteiger partial charge in [-0.05, 0) is 38.2 Å². The molecule has 0 unspecified atom stereocenters. The van der Waals surface area contributed by atoms with Crippen LogP contribution >= 0.6 is 28.3 Å². The van der Waals surface area contributed by atoms with E-state index < -0.39 is 0 Å². The molecule has 0 aliphatic carbocycles. The standard InChI is InChI=1S/C14H20BrN3O2.ClH/c1-16-7-3-6-13(19)17-8-9-18-14(20)11-4-2-5-12(15)10-11;/h2,4-5,10,16H,3,6-9H2,1H3,(H,17,19)(H,18,20);1H. The second kappa shape index (κ2) is 11.5. The average Bonchev–Trinajstić information content (AvgIpc) is 2.43. The van der Waals surface area contributed by atoms with Crippen LogP contribution in [0.1, 0.15) is 23.2 Å². The lowest BCUT2D eigenvalue weighted by Gasteiger charge is -2.07. The molecule has 0 fully saturated rings. The van der Waals surface area contributed by atoms with Crippen molar-refractivity contribution in [3.63, 3.8) is 0 Å². The first-order chi connectivity index (χ1) is 9.63. The zero-order valence-corrected chi connectivity index (χ0v) is 14.4. The van der Waals surface area contributed by atoms with Crippen LogP contribution in [0, 0.1) is 0 Å². The first-order valence-corrected chi connectivity index (χ1v) is 7.38. The number of hydrogen-bond donors (Lipinski definition) is 3. The molecule has 0 spiro atoms. The van der Waals surface area contributed by atoms with E-state index in [0.717, 1.165) is 17.4 Å². The average molecular weight is 379 g/mol. The Balaban J connectivity index is 0.00000400. The molecule has 0 aliphatic heterocycles. The van der Waals surface area contributed by atoms with Gasteiger partial charge in [-0.15, -0.1) is 12.4 Å². The third kappa shape index (κ3) is 8.70. The minimum absolute atomic E-state index is 0. The van der Waals surface area contributed by atoms with Gasteiger partial charge in [-0.1, -0.05) is 22.0 Å². The molecule has 0 aliphatic rings. The van der Waals surface area contributed by atoms with Gasteiger partial charge in [0.25, 0.3) is 5.91 Å². The number of amides is 2. The minimum Gasteiger partial charge on any atom is -0.354 e. The Hall–Kier alpha value is -1.11. The molecule has 1 rings (SSSR count). The number of hydrogen-bond acceptors (Lipinski definition) is 3. The molecule has 0 aromatic heterocycles. The first kappa shape index (κ1) is 19.9. The van der Waals surface area contributed by atoms with Gasteiger partial charge in [0.2, 0.25) is 5.91 Å². The molecule has 0 radical (unpaired) electrons. The molecule has 0 heterocycles. The van der Waals surface area contributed by atoms with Gasteiger partial charge in [-0.3, -0.25) is 9.59 Å². The molecule has 21 heavy (non-hydrogen) atoms. The number of carbonyl (C=O) groups excluding carboxylic acids is 2. The van der Waals surface area contributed by atoms with Crippen molar-refractivity contribution in [1.82, 2.24) is 16.0 Å². The van der Waals surface area contributed by atoms with Crippen LogP contribution in [-0.2, 0) is 4.79 Å². The van der Waals surface area contributed by atoms with E-state index >= 15 is 0 Å². The van der Waals surface area contributed by atoms with Crippen molar-refractivity contribution in [2.24, 2.45) is 0 Å². The molecule has 0 atom stereocenters. The summed E-state index contributed by atoms with van der Waals surface area (Å²) in [6, 6.07) is 7.17. The van der Waals surface area contributed by atoms with Crippen LogP contribution in [0.3, 0.4) is 0 Å². The number of halogens is 2. The molecule has 0 saturated heterocycles. The maximum atomic E-state index is 11.8. The topological polar surface area (TPSA) is 70.2 Å². The largest absolute Gasteiger partial charge is 0.354 e. The summed E-state index contributed by atoms with van der Waals surface area (Å²) in [7, 11) is 1.86. The quantitative estimate of drug-likeness (QED) is 0.603. The summed E-state index contributed by atoms with van der Waals surface area (Å²) in [6.45, 7) is 1.69. The molecule has 5 nitrogen and oxygen atoms in total. The summed E-state index contributed by atoms with van der Waals surface area (Å²) in [4.78, 5) is 23.2. The van der Waals surface area contributed by atoms with Crippen molar-refractivity contribution in [2.45, 2.75) is 12.8 Å². The Morgan fingerprint density at radius 1 is 1.14 bits per heavy atom. The minimum atomic E-state index is -0.143. The van der Waals surface area contributed by atoms with Crippen LogP contribution in [-0.4, -0.2) is 38.5 Å². The normalized spacial score (nSPS) is 9.62.